The number of para-hydroxylation sites is 1. The van der Waals surface area contributed by atoms with Crippen molar-refractivity contribution in [2.75, 3.05) is 30.8 Å². The summed E-state index contributed by atoms with van der Waals surface area (Å²) in [5.41, 5.74) is 1.28. The average Bonchev–Trinajstić information content (AvgIpc) is 2.71. The molecule has 0 aliphatic carbocycles. The highest BCUT2D eigenvalue weighted by Crippen LogP contribution is 2.34. The van der Waals surface area contributed by atoms with E-state index in [-0.39, 0.29) is 5.69 Å². The van der Waals surface area contributed by atoms with Crippen molar-refractivity contribution in [2.45, 2.75) is 32.7 Å². The van der Waals surface area contributed by atoms with Gasteiger partial charge < -0.3 is 14.8 Å². The lowest BCUT2D eigenvalue weighted by Gasteiger charge is -2.29. The van der Waals surface area contributed by atoms with Crippen molar-refractivity contribution in [2.24, 2.45) is 0 Å². The molecule has 9 heteroatoms. The van der Waals surface area contributed by atoms with Crippen molar-refractivity contribution in [3.63, 3.8) is 0 Å². The van der Waals surface area contributed by atoms with Crippen LogP contribution in [0.15, 0.2) is 42.5 Å². The third kappa shape index (κ3) is 6.77. The van der Waals surface area contributed by atoms with E-state index in [9.17, 15) is 13.2 Å². The van der Waals surface area contributed by atoms with E-state index >= 15 is 0 Å². The highest BCUT2D eigenvalue weighted by molar-refractivity contribution is 7.92. The highest BCUT2D eigenvalue weighted by atomic mass is 35.5. The van der Waals surface area contributed by atoms with Crippen molar-refractivity contribution in [3.05, 3.63) is 53.1 Å². The zero-order chi connectivity index (χ0) is 23.0. The molecule has 1 N–H and O–H groups in total. The van der Waals surface area contributed by atoms with Gasteiger partial charge in [0.1, 0.15) is 17.5 Å². The smallest absolute Gasteiger partial charge is 0.243 e. The molecule has 2 aromatic carbocycles. The van der Waals surface area contributed by atoms with Crippen LogP contribution in [0.4, 0.5) is 5.69 Å². The minimum Gasteiger partial charge on any atom is -0.495 e. The maximum Gasteiger partial charge on any atom is 0.243 e. The van der Waals surface area contributed by atoms with Gasteiger partial charge in [-0.2, -0.15) is 0 Å². The predicted molar refractivity (Wildman–Crippen MR) is 124 cm³/mol. The lowest BCUT2D eigenvalue weighted by molar-refractivity contribution is -0.121. The van der Waals surface area contributed by atoms with Crippen LogP contribution in [-0.4, -0.2) is 46.9 Å². The molecule has 0 radical (unpaired) electrons. The number of rotatable bonds is 11. The Kier molecular flexibility index (Phi) is 9.00. The molecule has 1 amide bonds. The van der Waals surface area contributed by atoms with Gasteiger partial charge in [-0.3, -0.25) is 9.10 Å². The van der Waals surface area contributed by atoms with Gasteiger partial charge in [-0.15, -0.1) is 0 Å². The molecule has 0 unspecified atom stereocenters. The van der Waals surface area contributed by atoms with E-state index in [0.29, 0.717) is 30.3 Å². The molecule has 0 fully saturated rings. The molecular weight excluding hydrogens is 440 g/mol. The molecule has 0 aliphatic rings. The Bertz CT molecular complexity index is 997. The molecule has 0 saturated carbocycles. The Balaban J connectivity index is 2.07. The molecule has 1 atom stereocenters. The molecule has 0 aromatic heterocycles. The Morgan fingerprint density at radius 1 is 1.19 bits per heavy atom. The average molecular weight is 469 g/mol. The van der Waals surface area contributed by atoms with Crippen molar-refractivity contribution in [1.29, 1.82) is 0 Å². The second-order valence-electron chi connectivity index (χ2n) is 6.99. The van der Waals surface area contributed by atoms with Crippen LogP contribution in [0.1, 0.15) is 25.8 Å². The van der Waals surface area contributed by atoms with Gasteiger partial charge in [0.2, 0.25) is 15.9 Å². The topological polar surface area (TPSA) is 84.9 Å². The lowest BCUT2D eigenvalue weighted by atomic mass is 10.1. The Hall–Kier alpha value is -2.45. The van der Waals surface area contributed by atoms with Gasteiger partial charge in [-0.1, -0.05) is 29.8 Å². The van der Waals surface area contributed by atoms with Crippen molar-refractivity contribution >= 4 is 33.2 Å². The van der Waals surface area contributed by atoms with E-state index in [2.05, 4.69) is 5.32 Å². The van der Waals surface area contributed by atoms with E-state index in [0.717, 1.165) is 28.3 Å². The summed E-state index contributed by atoms with van der Waals surface area (Å²) in [4.78, 5) is 12.8. The predicted octanol–water partition coefficient (Wildman–Crippen LogP) is 3.65. The summed E-state index contributed by atoms with van der Waals surface area (Å²) in [6, 6.07) is 11.4. The number of carbonyl (C=O) groups excluding carboxylic acids is 1. The number of ether oxygens (including phenoxy) is 2. The molecule has 0 spiro atoms. The number of sulfonamides is 1. The number of hydrogen-bond acceptors (Lipinski definition) is 5. The van der Waals surface area contributed by atoms with E-state index < -0.39 is 22.0 Å². The van der Waals surface area contributed by atoms with Gasteiger partial charge in [-0.05, 0) is 56.5 Å². The SMILES string of the molecule is CCOc1ccccc1CCCNC(=O)[C@H](C)N(c1cc(Cl)ccc1OC)S(C)(=O)=O. The quantitative estimate of drug-likeness (QED) is 0.509. The van der Waals surface area contributed by atoms with Crippen molar-refractivity contribution in [1.82, 2.24) is 5.32 Å². The molecule has 170 valence electrons. The van der Waals surface area contributed by atoms with E-state index in [1.165, 1.54) is 20.1 Å². The maximum atomic E-state index is 12.8. The van der Waals surface area contributed by atoms with Gasteiger partial charge in [-0.25, -0.2) is 8.42 Å². The summed E-state index contributed by atoms with van der Waals surface area (Å²) in [5, 5.41) is 3.16. The van der Waals surface area contributed by atoms with Crippen molar-refractivity contribution < 1.29 is 22.7 Å². The van der Waals surface area contributed by atoms with Crippen LogP contribution in [0.3, 0.4) is 0 Å². The molecule has 0 heterocycles. The number of benzene rings is 2. The van der Waals surface area contributed by atoms with Gasteiger partial charge in [0, 0.05) is 11.6 Å². The first-order valence-electron chi connectivity index (χ1n) is 10.00. The van der Waals surface area contributed by atoms with Gasteiger partial charge in [0.05, 0.1) is 25.7 Å². The molecular formula is C22H29ClN2O5S. The molecule has 2 rings (SSSR count). The number of halogens is 1. The van der Waals surface area contributed by atoms with E-state index in [1.54, 1.807) is 12.1 Å². The van der Waals surface area contributed by atoms with Crippen LogP contribution in [-0.2, 0) is 21.2 Å². The van der Waals surface area contributed by atoms with Crippen LogP contribution >= 0.6 is 11.6 Å². The van der Waals surface area contributed by atoms with Gasteiger partial charge >= 0.3 is 0 Å². The molecule has 31 heavy (non-hydrogen) atoms. The normalized spacial score (nSPS) is 12.2. The van der Waals surface area contributed by atoms with Crippen molar-refractivity contribution in [3.8, 4) is 11.5 Å². The highest BCUT2D eigenvalue weighted by Gasteiger charge is 2.31. The van der Waals surface area contributed by atoms with Crippen LogP contribution in [0.5, 0.6) is 11.5 Å². The zero-order valence-electron chi connectivity index (χ0n) is 18.2. The minimum atomic E-state index is -3.78. The van der Waals surface area contributed by atoms with E-state index in [4.69, 9.17) is 21.1 Å². The molecule has 2 aromatic rings. The fourth-order valence-electron chi connectivity index (χ4n) is 3.26. The first-order valence-corrected chi connectivity index (χ1v) is 12.2. The van der Waals surface area contributed by atoms with Crippen LogP contribution < -0.4 is 19.1 Å². The number of hydrogen-bond donors (Lipinski definition) is 1. The Labute approximate surface area is 189 Å². The Morgan fingerprint density at radius 2 is 1.90 bits per heavy atom. The van der Waals surface area contributed by atoms with Crippen LogP contribution in [0, 0.1) is 0 Å². The standard InChI is InChI=1S/C22H29ClN2O5S/c1-5-30-20-11-7-6-9-17(20)10-8-14-24-22(26)16(2)25(31(4,27)28)19-15-18(23)12-13-21(19)29-3/h6-7,9,11-13,15-16H,5,8,10,14H2,1-4H3,(H,24,26)/t16-/m0/s1. The fourth-order valence-corrected chi connectivity index (χ4v) is 4.60. The first kappa shape index (κ1) is 24.8. The number of nitrogens with one attached hydrogen (secondary N) is 1. The van der Waals surface area contributed by atoms with Gasteiger partial charge in [0.15, 0.2) is 0 Å². The van der Waals surface area contributed by atoms with Gasteiger partial charge in [0.25, 0.3) is 0 Å². The number of anilines is 1. The summed E-state index contributed by atoms with van der Waals surface area (Å²) in [6.07, 6.45) is 2.45. The summed E-state index contributed by atoms with van der Waals surface area (Å²) in [5.74, 6) is 0.730. The lowest BCUT2D eigenvalue weighted by Crippen LogP contribution is -2.48. The molecule has 0 aliphatic heterocycles. The second-order valence-corrected chi connectivity index (χ2v) is 9.28. The summed E-state index contributed by atoms with van der Waals surface area (Å²) < 4.78 is 36.9. The molecule has 0 bridgehead atoms. The third-order valence-electron chi connectivity index (χ3n) is 4.66. The number of nitrogens with zero attached hydrogens (tertiary/aromatic N) is 1. The number of carbonyl (C=O) groups is 1. The second kappa shape index (κ2) is 11.2. The Morgan fingerprint density at radius 3 is 2.55 bits per heavy atom. The maximum absolute atomic E-state index is 12.8. The monoisotopic (exact) mass is 468 g/mol. The van der Waals surface area contributed by atoms with Crippen LogP contribution in [0.25, 0.3) is 0 Å². The largest absolute Gasteiger partial charge is 0.495 e. The third-order valence-corrected chi connectivity index (χ3v) is 6.12. The van der Waals surface area contributed by atoms with E-state index in [1.807, 2.05) is 31.2 Å². The summed E-state index contributed by atoms with van der Waals surface area (Å²) in [7, 11) is -2.35. The number of amides is 1. The zero-order valence-corrected chi connectivity index (χ0v) is 19.8. The molecule has 7 nitrogen and oxygen atoms in total. The summed E-state index contributed by atoms with van der Waals surface area (Å²) >= 11 is 6.06. The number of methoxy groups -OCH3 is 1. The fraction of sp³-hybridized carbons (Fsp3) is 0.409. The first-order chi connectivity index (χ1) is 14.7. The molecule has 0 saturated heterocycles. The summed E-state index contributed by atoms with van der Waals surface area (Å²) in [6.45, 7) is 4.44. The minimum absolute atomic E-state index is 0.214. The van der Waals surface area contributed by atoms with Crippen LogP contribution in [0.2, 0.25) is 5.02 Å². The number of aryl methyl sites for hydroxylation is 1.